The number of unbranched alkanes of at least 4 members (excludes halogenated alkanes) is 1. The summed E-state index contributed by atoms with van der Waals surface area (Å²) >= 11 is 0. The molecular formula is C12H25NO. The van der Waals surface area contributed by atoms with Crippen molar-refractivity contribution in [1.82, 2.24) is 4.90 Å². The summed E-state index contributed by atoms with van der Waals surface area (Å²) in [5.74, 6) is 0.948. The van der Waals surface area contributed by atoms with E-state index in [2.05, 4.69) is 18.7 Å². The molecule has 0 amide bonds. The molecule has 0 aromatic heterocycles. The molecule has 1 aliphatic carbocycles. The van der Waals surface area contributed by atoms with E-state index in [1.807, 2.05) is 0 Å². The third-order valence-electron chi connectivity index (χ3n) is 3.63. The van der Waals surface area contributed by atoms with Crippen LogP contribution in [-0.4, -0.2) is 35.7 Å². The van der Waals surface area contributed by atoms with Gasteiger partial charge in [-0.25, -0.2) is 0 Å². The molecule has 1 saturated carbocycles. The van der Waals surface area contributed by atoms with Gasteiger partial charge in [0, 0.05) is 12.6 Å². The van der Waals surface area contributed by atoms with E-state index in [4.69, 9.17) is 5.11 Å². The predicted molar refractivity (Wildman–Crippen MR) is 60.4 cm³/mol. The Balaban J connectivity index is 2.23. The van der Waals surface area contributed by atoms with Crippen LogP contribution in [0.1, 0.15) is 46.0 Å². The Morgan fingerprint density at radius 2 is 2.00 bits per heavy atom. The van der Waals surface area contributed by atoms with Gasteiger partial charge in [-0.1, -0.05) is 20.3 Å². The lowest BCUT2D eigenvalue weighted by molar-refractivity contribution is 0.0615. The van der Waals surface area contributed by atoms with Gasteiger partial charge in [-0.2, -0.15) is 0 Å². The van der Waals surface area contributed by atoms with Gasteiger partial charge in [-0.15, -0.1) is 0 Å². The van der Waals surface area contributed by atoms with Crippen LogP contribution in [0.4, 0.5) is 0 Å². The number of aliphatic hydroxyl groups excluding tert-OH is 1. The second-order valence-corrected chi connectivity index (χ2v) is 4.37. The third kappa shape index (κ3) is 2.96. The van der Waals surface area contributed by atoms with E-state index in [0.717, 1.165) is 24.8 Å². The first-order chi connectivity index (χ1) is 6.83. The maximum absolute atomic E-state index is 8.74. The number of rotatable bonds is 7. The SMILES string of the molecule is CCC1CCC1N(CC)CCCCO. The number of hydrogen-bond acceptors (Lipinski definition) is 2. The monoisotopic (exact) mass is 199 g/mol. The molecule has 2 atom stereocenters. The van der Waals surface area contributed by atoms with Gasteiger partial charge < -0.3 is 10.0 Å². The predicted octanol–water partition coefficient (Wildman–Crippen LogP) is 2.27. The molecule has 0 heterocycles. The minimum atomic E-state index is 0.347. The summed E-state index contributed by atoms with van der Waals surface area (Å²) in [4.78, 5) is 2.60. The molecule has 0 aromatic rings. The highest BCUT2D eigenvalue weighted by Gasteiger charge is 2.32. The number of aliphatic hydroxyl groups is 1. The second kappa shape index (κ2) is 6.41. The molecular weight excluding hydrogens is 174 g/mol. The molecule has 2 nitrogen and oxygen atoms in total. The van der Waals surface area contributed by atoms with Gasteiger partial charge in [0.15, 0.2) is 0 Å². The number of hydrogen-bond donors (Lipinski definition) is 1. The van der Waals surface area contributed by atoms with Crippen LogP contribution < -0.4 is 0 Å². The summed E-state index contributed by atoms with van der Waals surface area (Å²) < 4.78 is 0. The highest BCUT2D eigenvalue weighted by Crippen LogP contribution is 2.34. The van der Waals surface area contributed by atoms with Crippen molar-refractivity contribution < 1.29 is 5.11 Å². The fourth-order valence-corrected chi connectivity index (χ4v) is 2.49. The quantitative estimate of drug-likeness (QED) is 0.636. The molecule has 2 heteroatoms. The van der Waals surface area contributed by atoms with Crippen LogP contribution in [0.3, 0.4) is 0 Å². The van der Waals surface area contributed by atoms with Crippen LogP contribution in [0.2, 0.25) is 0 Å². The van der Waals surface area contributed by atoms with Crippen LogP contribution in [0, 0.1) is 5.92 Å². The lowest BCUT2D eigenvalue weighted by Gasteiger charge is -2.44. The third-order valence-corrected chi connectivity index (χ3v) is 3.63. The summed E-state index contributed by atoms with van der Waals surface area (Å²) in [6, 6.07) is 0.851. The summed E-state index contributed by atoms with van der Waals surface area (Å²) in [5, 5.41) is 8.74. The van der Waals surface area contributed by atoms with Crippen molar-refractivity contribution in [2.75, 3.05) is 19.7 Å². The standard InChI is InChI=1S/C12H25NO/c1-3-11-7-8-12(11)13(4-2)9-5-6-10-14/h11-12,14H,3-10H2,1-2H3. The van der Waals surface area contributed by atoms with E-state index in [-0.39, 0.29) is 0 Å². The molecule has 0 aromatic carbocycles. The molecule has 14 heavy (non-hydrogen) atoms. The lowest BCUT2D eigenvalue weighted by atomic mass is 9.77. The van der Waals surface area contributed by atoms with Crippen LogP contribution >= 0.6 is 0 Å². The van der Waals surface area contributed by atoms with Crippen molar-refractivity contribution >= 4 is 0 Å². The minimum Gasteiger partial charge on any atom is -0.396 e. The molecule has 0 saturated heterocycles. The normalized spacial score (nSPS) is 26.6. The second-order valence-electron chi connectivity index (χ2n) is 4.37. The van der Waals surface area contributed by atoms with Gasteiger partial charge in [-0.3, -0.25) is 0 Å². The minimum absolute atomic E-state index is 0.347. The summed E-state index contributed by atoms with van der Waals surface area (Å²) in [7, 11) is 0. The Labute approximate surface area is 88.3 Å². The van der Waals surface area contributed by atoms with E-state index in [9.17, 15) is 0 Å². The zero-order valence-electron chi connectivity index (χ0n) is 9.71. The summed E-state index contributed by atoms with van der Waals surface area (Å²) in [6.45, 7) is 7.26. The topological polar surface area (TPSA) is 23.5 Å². The van der Waals surface area contributed by atoms with Gasteiger partial charge >= 0.3 is 0 Å². The van der Waals surface area contributed by atoms with Crippen molar-refractivity contribution in [2.45, 2.75) is 52.0 Å². The first kappa shape index (κ1) is 12.0. The smallest absolute Gasteiger partial charge is 0.0431 e. The highest BCUT2D eigenvalue weighted by molar-refractivity contribution is 4.87. The Hall–Kier alpha value is -0.0800. The average molecular weight is 199 g/mol. The zero-order valence-corrected chi connectivity index (χ0v) is 9.71. The maximum Gasteiger partial charge on any atom is 0.0431 e. The van der Waals surface area contributed by atoms with Crippen molar-refractivity contribution in [3.8, 4) is 0 Å². The van der Waals surface area contributed by atoms with Gasteiger partial charge in [-0.05, 0) is 44.7 Å². The molecule has 0 spiro atoms. The van der Waals surface area contributed by atoms with E-state index < -0.39 is 0 Å². The van der Waals surface area contributed by atoms with Crippen LogP contribution in [0.5, 0.6) is 0 Å². The first-order valence-electron chi connectivity index (χ1n) is 6.18. The van der Waals surface area contributed by atoms with Gasteiger partial charge in [0.2, 0.25) is 0 Å². The molecule has 84 valence electrons. The number of nitrogens with zero attached hydrogens (tertiary/aromatic N) is 1. The van der Waals surface area contributed by atoms with Crippen LogP contribution in [-0.2, 0) is 0 Å². The van der Waals surface area contributed by atoms with E-state index in [1.165, 1.54) is 32.4 Å². The highest BCUT2D eigenvalue weighted by atomic mass is 16.2. The Kier molecular flexibility index (Phi) is 5.49. The average Bonchev–Trinajstić information content (AvgIpc) is 2.15. The Morgan fingerprint density at radius 3 is 2.43 bits per heavy atom. The van der Waals surface area contributed by atoms with E-state index in [0.29, 0.717) is 6.61 Å². The summed E-state index contributed by atoms with van der Waals surface area (Å²) in [6.07, 6.45) is 6.27. The van der Waals surface area contributed by atoms with E-state index >= 15 is 0 Å². The molecule has 1 rings (SSSR count). The Bertz CT molecular complexity index is 147. The van der Waals surface area contributed by atoms with Gasteiger partial charge in [0.05, 0.1) is 0 Å². The van der Waals surface area contributed by atoms with Crippen LogP contribution in [0.25, 0.3) is 0 Å². The lowest BCUT2D eigenvalue weighted by Crippen LogP contribution is -2.47. The first-order valence-corrected chi connectivity index (χ1v) is 6.18. The molecule has 2 unspecified atom stereocenters. The van der Waals surface area contributed by atoms with Crippen molar-refractivity contribution in [1.29, 1.82) is 0 Å². The Morgan fingerprint density at radius 1 is 1.21 bits per heavy atom. The summed E-state index contributed by atoms with van der Waals surface area (Å²) in [5.41, 5.74) is 0. The largest absolute Gasteiger partial charge is 0.396 e. The fourth-order valence-electron chi connectivity index (χ4n) is 2.49. The molecule has 1 fully saturated rings. The van der Waals surface area contributed by atoms with Crippen molar-refractivity contribution in [2.24, 2.45) is 5.92 Å². The zero-order chi connectivity index (χ0) is 10.4. The molecule has 1 aliphatic rings. The molecule has 0 bridgehead atoms. The molecule has 0 radical (unpaired) electrons. The maximum atomic E-state index is 8.74. The fraction of sp³-hybridized carbons (Fsp3) is 1.00. The molecule has 0 aliphatic heterocycles. The van der Waals surface area contributed by atoms with Crippen molar-refractivity contribution in [3.05, 3.63) is 0 Å². The van der Waals surface area contributed by atoms with Crippen LogP contribution in [0.15, 0.2) is 0 Å². The van der Waals surface area contributed by atoms with E-state index in [1.54, 1.807) is 0 Å². The van der Waals surface area contributed by atoms with Gasteiger partial charge in [0.25, 0.3) is 0 Å². The van der Waals surface area contributed by atoms with Gasteiger partial charge in [0.1, 0.15) is 0 Å². The van der Waals surface area contributed by atoms with Crippen molar-refractivity contribution in [3.63, 3.8) is 0 Å². The molecule has 1 N–H and O–H groups in total.